The van der Waals surface area contributed by atoms with Crippen LogP contribution in [0.4, 0.5) is 13.2 Å². The molecule has 2 aromatic carbocycles. The van der Waals surface area contributed by atoms with E-state index in [2.05, 4.69) is 15.1 Å². The summed E-state index contributed by atoms with van der Waals surface area (Å²) in [6.07, 6.45) is -4.60. The molecule has 0 aliphatic heterocycles. The smallest absolute Gasteiger partial charge is 0.337 e. The van der Waals surface area contributed by atoms with Gasteiger partial charge in [0.15, 0.2) is 0 Å². The summed E-state index contributed by atoms with van der Waals surface area (Å²) in [5.74, 6) is -0.727. The fourth-order valence-corrected chi connectivity index (χ4v) is 2.84. The van der Waals surface area contributed by atoms with Crippen LogP contribution in [0.5, 0.6) is 0 Å². The molecule has 0 spiro atoms. The summed E-state index contributed by atoms with van der Waals surface area (Å²) < 4.78 is 46.2. The molecule has 0 saturated carbocycles. The first-order valence-corrected chi connectivity index (χ1v) is 7.90. The number of rotatable bonds is 3. The number of benzene rings is 2. The fourth-order valence-electron chi connectivity index (χ4n) is 2.65. The number of alkyl halides is 3. The van der Waals surface area contributed by atoms with Crippen LogP contribution < -0.4 is 0 Å². The number of imidazole rings is 1. The largest absolute Gasteiger partial charge is 0.449 e. The van der Waals surface area contributed by atoms with Crippen LogP contribution in [-0.2, 0) is 12.7 Å². The monoisotopic (exact) mass is 378 g/mol. The first-order valence-electron chi connectivity index (χ1n) is 7.53. The molecule has 0 radical (unpaired) electrons. The quantitative estimate of drug-likeness (QED) is 0.513. The van der Waals surface area contributed by atoms with Gasteiger partial charge in [0.1, 0.15) is 6.54 Å². The molecule has 0 bridgehead atoms. The molecule has 0 atom stereocenters. The van der Waals surface area contributed by atoms with Crippen LogP contribution in [0.3, 0.4) is 0 Å². The van der Waals surface area contributed by atoms with Crippen molar-refractivity contribution in [1.82, 2.24) is 19.7 Å². The minimum absolute atomic E-state index is 0.0358. The lowest BCUT2D eigenvalue weighted by molar-refractivity contribution is -0.146. The van der Waals surface area contributed by atoms with Crippen molar-refractivity contribution in [3.8, 4) is 11.4 Å². The van der Waals surface area contributed by atoms with Gasteiger partial charge in [-0.05, 0) is 24.3 Å². The summed E-state index contributed by atoms with van der Waals surface area (Å²) in [6.45, 7) is -0.247. The van der Waals surface area contributed by atoms with Gasteiger partial charge < -0.3 is 9.09 Å². The summed E-state index contributed by atoms with van der Waals surface area (Å²) >= 11 is 5.93. The fraction of sp³-hybridized carbons (Fsp3) is 0.118. The zero-order chi connectivity index (χ0) is 18.3. The molecule has 0 saturated heterocycles. The van der Waals surface area contributed by atoms with Gasteiger partial charge >= 0.3 is 6.18 Å². The minimum Gasteiger partial charge on any atom is -0.337 e. The van der Waals surface area contributed by atoms with Crippen molar-refractivity contribution in [3.63, 3.8) is 0 Å². The summed E-state index contributed by atoms with van der Waals surface area (Å²) in [4.78, 5) is 7.86. The Kier molecular flexibility index (Phi) is 3.91. The van der Waals surface area contributed by atoms with Crippen molar-refractivity contribution in [3.05, 3.63) is 65.3 Å². The highest BCUT2D eigenvalue weighted by atomic mass is 35.5. The molecule has 26 heavy (non-hydrogen) atoms. The third-order valence-electron chi connectivity index (χ3n) is 3.75. The predicted molar refractivity (Wildman–Crippen MR) is 88.6 cm³/mol. The normalized spacial score (nSPS) is 12.0. The van der Waals surface area contributed by atoms with Gasteiger partial charge in [-0.3, -0.25) is 0 Å². The number of halogens is 4. The van der Waals surface area contributed by atoms with Gasteiger partial charge in [0.05, 0.1) is 11.0 Å². The lowest BCUT2D eigenvalue weighted by Gasteiger charge is -2.08. The van der Waals surface area contributed by atoms with Gasteiger partial charge in [-0.25, -0.2) is 4.98 Å². The predicted octanol–water partition coefficient (Wildman–Crippen LogP) is 4.81. The van der Waals surface area contributed by atoms with Crippen molar-refractivity contribution in [2.75, 3.05) is 0 Å². The summed E-state index contributed by atoms with van der Waals surface area (Å²) in [6, 6.07) is 13.1. The van der Waals surface area contributed by atoms with E-state index in [0.717, 1.165) is 4.57 Å². The topological polar surface area (TPSA) is 56.7 Å². The maximum Gasteiger partial charge on any atom is 0.449 e. The van der Waals surface area contributed by atoms with Gasteiger partial charge in [-0.15, -0.1) is 0 Å². The van der Waals surface area contributed by atoms with Gasteiger partial charge in [-0.2, -0.15) is 18.2 Å². The Bertz CT molecular complexity index is 1090. The number of para-hydroxylation sites is 2. The van der Waals surface area contributed by atoms with E-state index in [0.29, 0.717) is 16.1 Å². The average molecular weight is 379 g/mol. The Balaban J connectivity index is 1.74. The number of hydrogen-bond acceptors (Lipinski definition) is 4. The molecule has 4 aromatic rings. The second-order valence-corrected chi connectivity index (χ2v) is 5.97. The molecule has 4 rings (SSSR count). The standard InChI is InChI=1S/C17H10ClF3N4O/c18-11-5-3-4-10(8-11)15-23-14(26-24-15)9-25-13-7-2-1-6-12(13)22-16(25)17(19,20)21/h1-8H,9H2. The Morgan fingerprint density at radius 2 is 1.85 bits per heavy atom. The molecule has 0 N–H and O–H groups in total. The highest BCUT2D eigenvalue weighted by Gasteiger charge is 2.38. The molecule has 2 aromatic heterocycles. The van der Waals surface area contributed by atoms with E-state index < -0.39 is 12.0 Å². The van der Waals surface area contributed by atoms with Gasteiger partial charge in [0, 0.05) is 10.6 Å². The van der Waals surface area contributed by atoms with Crippen LogP contribution in [0.1, 0.15) is 11.7 Å². The third kappa shape index (κ3) is 3.03. The number of hydrogen-bond donors (Lipinski definition) is 0. The lowest BCUT2D eigenvalue weighted by Crippen LogP contribution is -2.15. The number of fused-ring (bicyclic) bond motifs is 1. The maximum absolute atomic E-state index is 13.3. The molecule has 9 heteroatoms. The maximum atomic E-state index is 13.3. The van der Waals surface area contributed by atoms with E-state index >= 15 is 0 Å². The Labute approximate surface area is 150 Å². The number of nitrogens with zero attached hydrogens (tertiary/aromatic N) is 4. The molecular weight excluding hydrogens is 369 g/mol. The first kappa shape index (κ1) is 16.6. The van der Waals surface area contributed by atoms with Crippen LogP contribution in [0, 0.1) is 0 Å². The lowest BCUT2D eigenvalue weighted by atomic mass is 10.2. The van der Waals surface area contributed by atoms with Crippen LogP contribution in [0.2, 0.25) is 5.02 Å². The van der Waals surface area contributed by atoms with E-state index in [1.54, 1.807) is 42.5 Å². The summed E-state index contributed by atoms with van der Waals surface area (Å²) in [5, 5.41) is 4.31. The first-order chi connectivity index (χ1) is 12.4. The molecule has 132 valence electrons. The molecule has 0 amide bonds. The molecular formula is C17H10ClF3N4O. The summed E-state index contributed by atoms with van der Waals surface area (Å²) in [5.41, 5.74) is 1.19. The molecule has 0 fully saturated rings. The van der Waals surface area contributed by atoms with Crippen LogP contribution in [0.15, 0.2) is 53.1 Å². The minimum atomic E-state index is -4.60. The summed E-state index contributed by atoms with van der Waals surface area (Å²) in [7, 11) is 0. The van der Waals surface area contributed by atoms with Crippen LogP contribution in [0.25, 0.3) is 22.4 Å². The Morgan fingerprint density at radius 3 is 2.62 bits per heavy atom. The highest BCUT2D eigenvalue weighted by Crippen LogP contribution is 2.32. The number of aromatic nitrogens is 4. The Morgan fingerprint density at radius 1 is 1.04 bits per heavy atom. The van der Waals surface area contributed by atoms with Gasteiger partial charge in [0.25, 0.3) is 0 Å². The van der Waals surface area contributed by atoms with Gasteiger partial charge in [0.2, 0.25) is 17.5 Å². The van der Waals surface area contributed by atoms with Crippen molar-refractivity contribution in [2.45, 2.75) is 12.7 Å². The Hall–Kier alpha value is -2.87. The zero-order valence-electron chi connectivity index (χ0n) is 13.0. The molecule has 0 unspecified atom stereocenters. The average Bonchev–Trinajstić information content (AvgIpc) is 3.20. The molecule has 0 aliphatic rings. The second-order valence-electron chi connectivity index (χ2n) is 5.53. The van der Waals surface area contributed by atoms with E-state index in [-0.39, 0.29) is 23.8 Å². The molecule has 2 heterocycles. The van der Waals surface area contributed by atoms with Gasteiger partial charge in [-0.1, -0.05) is 41.0 Å². The van der Waals surface area contributed by atoms with Crippen LogP contribution in [-0.4, -0.2) is 19.7 Å². The highest BCUT2D eigenvalue weighted by molar-refractivity contribution is 6.30. The molecule has 5 nitrogen and oxygen atoms in total. The van der Waals surface area contributed by atoms with Crippen molar-refractivity contribution in [1.29, 1.82) is 0 Å². The van der Waals surface area contributed by atoms with Crippen molar-refractivity contribution < 1.29 is 17.7 Å². The van der Waals surface area contributed by atoms with E-state index in [4.69, 9.17) is 16.1 Å². The van der Waals surface area contributed by atoms with Crippen LogP contribution >= 0.6 is 11.6 Å². The van der Waals surface area contributed by atoms with E-state index in [9.17, 15) is 13.2 Å². The van der Waals surface area contributed by atoms with Crippen molar-refractivity contribution >= 4 is 22.6 Å². The van der Waals surface area contributed by atoms with E-state index in [1.165, 1.54) is 6.07 Å². The van der Waals surface area contributed by atoms with Crippen molar-refractivity contribution in [2.24, 2.45) is 0 Å². The second kappa shape index (κ2) is 6.14. The van der Waals surface area contributed by atoms with E-state index in [1.807, 2.05) is 0 Å². The SMILES string of the molecule is FC(F)(F)c1nc2ccccc2n1Cc1nc(-c2cccc(Cl)c2)no1. The third-order valence-corrected chi connectivity index (χ3v) is 3.99. The molecule has 0 aliphatic carbocycles. The zero-order valence-corrected chi connectivity index (χ0v) is 13.8.